The normalized spacial score (nSPS) is 12.5. The number of carbonyl (C=O) groups is 2. The number of rotatable bonds is 5. The lowest BCUT2D eigenvalue weighted by molar-refractivity contribution is -0.143. The highest BCUT2D eigenvalue weighted by Gasteiger charge is 2.25. The van der Waals surface area contributed by atoms with Crippen LogP contribution < -0.4 is 5.32 Å². The van der Waals surface area contributed by atoms with E-state index in [1.165, 1.54) is 7.11 Å². The van der Waals surface area contributed by atoms with E-state index in [-0.39, 0.29) is 6.42 Å². The molecule has 0 radical (unpaired) electrons. The van der Waals surface area contributed by atoms with Gasteiger partial charge < -0.3 is 19.2 Å². The molecule has 2 aromatic heterocycles. The van der Waals surface area contributed by atoms with Crippen molar-refractivity contribution in [3.05, 3.63) is 60.3 Å². The second kappa shape index (κ2) is 8.90. The van der Waals surface area contributed by atoms with Gasteiger partial charge in [0, 0.05) is 18.0 Å². The molecule has 8 heteroatoms. The van der Waals surface area contributed by atoms with Crippen molar-refractivity contribution in [2.45, 2.75) is 38.8 Å². The molecule has 1 amide bonds. The highest BCUT2D eigenvalue weighted by molar-refractivity contribution is 5.92. The predicted molar refractivity (Wildman–Crippen MR) is 124 cm³/mol. The first-order valence-corrected chi connectivity index (χ1v) is 10.5. The number of methoxy groups -OCH3 is 1. The molecule has 0 aliphatic carbocycles. The average molecular weight is 447 g/mol. The lowest BCUT2D eigenvalue weighted by Gasteiger charge is -2.22. The van der Waals surface area contributed by atoms with Gasteiger partial charge in [-0.2, -0.15) is 0 Å². The zero-order valence-electron chi connectivity index (χ0n) is 18.9. The number of hydrogen-bond acceptors (Lipinski definition) is 7. The number of nitrogens with zero attached hydrogens (tertiary/aromatic N) is 2. The van der Waals surface area contributed by atoms with Crippen molar-refractivity contribution in [3.8, 4) is 11.5 Å². The van der Waals surface area contributed by atoms with Crippen molar-refractivity contribution < 1.29 is 23.5 Å². The van der Waals surface area contributed by atoms with Crippen LogP contribution in [0.5, 0.6) is 0 Å². The number of para-hydroxylation sites is 1. The molecule has 2 aromatic carbocycles. The number of aromatic nitrogens is 2. The zero-order chi connectivity index (χ0) is 23.6. The Bertz CT molecular complexity index is 1320. The van der Waals surface area contributed by atoms with Gasteiger partial charge in [0.15, 0.2) is 5.58 Å². The quantitative estimate of drug-likeness (QED) is 0.444. The number of esters is 1. The van der Waals surface area contributed by atoms with Crippen LogP contribution in [0.1, 0.15) is 26.3 Å². The lowest BCUT2D eigenvalue weighted by Crippen LogP contribution is -2.45. The lowest BCUT2D eigenvalue weighted by atomic mass is 10.1. The fourth-order valence-corrected chi connectivity index (χ4v) is 3.51. The van der Waals surface area contributed by atoms with Crippen molar-refractivity contribution >= 4 is 34.1 Å². The number of nitrogens with one attached hydrogen (secondary N) is 1. The van der Waals surface area contributed by atoms with Crippen LogP contribution in [0.15, 0.2) is 59.1 Å². The molecule has 8 nitrogen and oxygen atoms in total. The largest absolute Gasteiger partial charge is 0.467 e. The van der Waals surface area contributed by atoms with E-state index >= 15 is 0 Å². The summed E-state index contributed by atoms with van der Waals surface area (Å²) in [6, 6.07) is 14.2. The van der Waals surface area contributed by atoms with Gasteiger partial charge in [-0.1, -0.05) is 24.3 Å². The summed E-state index contributed by atoms with van der Waals surface area (Å²) < 4.78 is 16.1. The molecule has 1 unspecified atom stereocenters. The minimum atomic E-state index is -0.907. The van der Waals surface area contributed by atoms with Gasteiger partial charge in [0.25, 0.3) is 0 Å². The number of oxazole rings is 1. The number of carbonyl (C=O) groups excluding carboxylic acids is 2. The van der Waals surface area contributed by atoms with Gasteiger partial charge in [-0.05, 0) is 50.6 Å². The van der Waals surface area contributed by atoms with Gasteiger partial charge in [-0.15, -0.1) is 0 Å². The van der Waals surface area contributed by atoms with Crippen molar-refractivity contribution in [3.63, 3.8) is 0 Å². The molecule has 2 heterocycles. The standard InChI is InChI=1S/C25H25N3O5/c1-25(2,3)33-24(30)28-19(23(29)31-4)14-15-10-11-20-18(13-15)27-22(32-20)17-9-5-7-16-8-6-12-26-21(16)17/h5-13,19H,14H2,1-4H3,(H,28,30). The molecule has 170 valence electrons. The predicted octanol–water partition coefficient (Wildman–Crippen LogP) is 4.65. The Morgan fingerprint density at radius 3 is 2.67 bits per heavy atom. The van der Waals surface area contributed by atoms with E-state index < -0.39 is 23.7 Å². The fourth-order valence-electron chi connectivity index (χ4n) is 3.51. The Hall–Kier alpha value is -3.94. The first-order valence-electron chi connectivity index (χ1n) is 10.5. The van der Waals surface area contributed by atoms with Crippen molar-refractivity contribution in [2.75, 3.05) is 7.11 Å². The summed E-state index contributed by atoms with van der Waals surface area (Å²) in [7, 11) is 1.28. The smallest absolute Gasteiger partial charge is 0.408 e. The van der Waals surface area contributed by atoms with Gasteiger partial charge in [0.05, 0.1) is 18.2 Å². The molecule has 4 aromatic rings. The molecule has 0 spiro atoms. The zero-order valence-corrected chi connectivity index (χ0v) is 18.9. The highest BCUT2D eigenvalue weighted by atomic mass is 16.6. The average Bonchev–Trinajstić information content (AvgIpc) is 3.19. The third kappa shape index (κ3) is 5.11. The van der Waals surface area contributed by atoms with E-state index in [1.54, 1.807) is 33.0 Å². The maximum absolute atomic E-state index is 12.3. The Kier molecular flexibility index (Phi) is 6.00. The van der Waals surface area contributed by atoms with E-state index in [9.17, 15) is 9.59 Å². The van der Waals surface area contributed by atoms with E-state index in [0.717, 1.165) is 22.0 Å². The molecule has 33 heavy (non-hydrogen) atoms. The molecule has 1 N–H and O–H groups in total. The number of amides is 1. The van der Waals surface area contributed by atoms with Crippen LogP contribution in [-0.2, 0) is 20.7 Å². The number of ether oxygens (including phenoxy) is 2. The van der Waals surface area contributed by atoms with Crippen LogP contribution in [0.25, 0.3) is 33.5 Å². The van der Waals surface area contributed by atoms with Crippen LogP contribution in [-0.4, -0.2) is 40.8 Å². The summed E-state index contributed by atoms with van der Waals surface area (Å²) in [4.78, 5) is 33.5. The second-order valence-electron chi connectivity index (χ2n) is 8.63. The van der Waals surface area contributed by atoms with Crippen LogP contribution in [0.4, 0.5) is 4.79 Å². The number of fused-ring (bicyclic) bond motifs is 2. The summed E-state index contributed by atoms with van der Waals surface area (Å²) in [6.45, 7) is 5.25. The third-order valence-corrected chi connectivity index (χ3v) is 4.93. The molecule has 0 saturated carbocycles. The minimum Gasteiger partial charge on any atom is -0.467 e. The van der Waals surface area contributed by atoms with Crippen LogP contribution >= 0.6 is 0 Å². The number of hydrogen-bond donors (Lipinski definition) is 1. The molecular weight excluding hydrogens is 422 g/mol. The Labute approximate surface area is 190 Å². The summed E-state index contributed by atoms with van der Waals surface area (Å²) in [5.74, 6) is -0.105. The van der Waals surface area contributed by atoms with E-state index in [4.69, 9.17) is 13.9 Å². The molecule has 0 aliphatic heterocycles. The maximum atomic E-state index is 12.3. The second-order valence-corrected chi connectivity index (χ2v) is 8.63. The molecule has 4 rings (SSSR count). The van der Waals surface area contributed by atoms with E-state index in [0.29, 0.717) is 17.0 Å². The summed E-state index contributed by atoms with van der Waals surface area (Å²) in [5, 5.41) is 3.58. The van der Waals surface area contributed by atoms with Gasteiger partial charge in [-0.3, -0.25) is 4.98 Å². The first kappa shape index (κ1) is 22.3. The topological polar surface area (TPSA) is 104 Å². The van der Waals surface area contributed by atoms with Crippen molar-refractivity contribution in [1.29, 1.82) is 0 Å². The van der Waals surface area contributed by atoms with Crippen LogP contribution in [0.2, 0.25) is 0 Å². The SMILES string of the molecule is COC(=O)C(Cc1ccc2oc(-c3cccc4cccnc34)nc2c1)NC(=O)OC(C)(C)C. The summed E-state index contributed by atoms with van der Waals surface area (Å²) in [5.41, 5.74) is 2.94. The van der Waals surface area contributed by atoms with Crippen molar-refractivity contribution in [1.82, 2.24) is 15.3 Å². The van der Waals surface area contributed by atoms with Gasteiger partial charge >= 0.3 is 12.1 Å². The first-order chi connectivity index (χ1) is 15.7. The number of benzene rings is 2. The highest BCUT2D eigenvalue weighted by Crippen LogP contribution is 2.29. The Morgan fingerprint density at radius 2 is 1.91 bits per heavy atom. The van der Waals surface area contributed by atoms with E-state index in [1.807, 2.05) is 42.5 Å². The fraction of sp³-hybridized carbons (Fsp3) is 0.280. The molecule has 0 fully saturated rings. The minimum absolute atomic E-state index is 0.208. The molecule has 0 bridgehead atoms. The molecule has 0 saturated heterocycles. The number of alkyl carbamates (subject to hydrolysis) is 1. The van der Waals surface area contributed by atoms with E-state index in [2.05, 4.69) is 15.3 Å². The van der Waals surface area contributed by atoms with Gasteiger partial charge in [-0.25, -0.2) is 14.6 Å². The van der Waals surface area contributed by atoms with Crippen molar-refractivity contribution in [2.24, 2.45) is 0 Å². The summed E-state index contributed by atoms with van der Waals surface area (Å²) in [6.07, 6.45) is 1.25. The monoisotopic (exact) mass is 447 g/mol. The maximum Gasteiger partial charge on any atom is 0.408 e. The molecule has 0 aliphatic rings. The Morgan fingerprint density at radius 1 is 1.12 bits per heavy atom. The van der Waals surface area contributed by atoms with Crippen LogP contribution in [0.3, 0.4) is 0 Å². The third-order valence-electron chi connectivity index (χ3n) is 4.93. The number of pyridine rings is 1. The van der Waals surface area contributed by atoms with Crippen LogP contribution in [0, 0.1) is 0 Å². The molecule has 1 atom stereocenters. The summed E-state index contributed by atoms with van der Waals surface area (Å²) >= 11 is 0. The van der Waals surface area contributed by atoms with Gasteiger partial charge in [0.2, 0.25) is 5.89 Å². The van der Waals surface area contributed by atoms with Gasteiger partial charge in [0.1, 0.15) is 17.2 Å². The Balaban J connectivity index is 1.61. The molecular formula is C25H25N3O5.